The van der Waals surface area contributed by atoms with Gasteiger partial charge in [0.25, 0.3) is 5.91 Å². The van der Waals surface area contributed by atoms with Crippen LogP contribution in [0.15, 0.2) is 29.6 Å². The van der Waals surface area contributed by atoms with Crippen molar-refractivity contribution >= 4 is 34.0 Å². The first kappa shape index (κ1) is 18.4. The number of amides is 1. The lowest BCUT2D eigenvalue weighted by atomic mass is 9.98. The van der Waals surface area contributed by atoms with Gasteiger partial charge >= 0.3 is 5.97 Å². The Labute approximate surface area is 157 Å². The van der Waals surface area contributed by atoms with E-state index in [1.54, 1.807) is 17.2 Å². The summed E-state index contributed by atoms with van der Waals surface area (Å²) in [5.41, 5.74) is 2.53. The van der Waals surface area contributed by atoms with E-state index in [1.165, 1.54) is 16.9 Å². The summed E-state index contributed by atoms with van der Waals surface area (Å²) < 4.78 is 5.09. The van der Waals surface area contributed by atoms with Crippen molar-refractivity contribution in [2.75, 3.05) is 25.0 Å². The number of esters is 1. The van der Waals surface area contributed by atoms with Crippen LogP contribution in [0, 0.1) is 12.8 Å². The molecule has 7 heteroatoms. The van der Waals surface area contributed by atoms with E-state index in [2.05, 4.69) is 10.3 Å². The van der Waals surface area contributed by atoms with Gasteiger partial charge in [0.2, 0.25) is 0 Å². The van der Waals surface area contributed by atoms with Crippen molar-refractivity contribution in [2.24, 2.45) is 5.92 Å². The molecule has 3 rings (SSSR count). The number of piperidine rings is 1. The number of aryl methyl sites for hydroxylation is 1. The van der Waals surface area contributed by atoms with Gasteiger partial charge in [-0.3, -0.25) is 9.59 Å². The number of likely N-dealkylation sites (tertiary alicyclic amines) is 1. The zero-order valence-corrected chi connectivity index (χ0v) is 15.8. The van der Waals surface area contributed by atoms with E-state index in [-0.39, 0.29) is 17.8 Å². The molecule has 1 N–H and O–H groups in total. The van der Waals surface area contributed by atoms with Gasteiger partial charge in [0.05, 0.1) is 12.5 Å². The molecule has 1 aromatic carbocycles. The fourth-order valence-electron chi connectivity index (χ4n) is 2.97. The molecule has 1 amide bonds. The number of nitrogens with one attached hydrogen (secondary N) is 1. The van der Waals surface area contributed by atoms with Crippen LogP contribution in [0.2, 0.25) is 0 Å². The second kappa shape index (κ2) is 8.31. The summed E-state index contributed by atoms with van der Waals surface area (Å²) in [5.74, 6) is -0.589. The molecule has 2 heterocycles. The van der Waals surface area contributed by atoms with E-state index in [9.17, 15) is 9.59 Å². The lowest BCUT2D eigenvalue weighted by Gasteiger charge is -2.31. The highest BCUT2D eigenvalue weighted by Gasteiger charge is 2.30. The van der Waals surface area contributed by atoms with Crippen LogP contribution in [0.3, 0.4) is 0 Å². The second-order valence-corrected chi connectivity index (χ2v) is 7.23. The van der Waals surface area contributed by atoms with Crippen LogP contribution in [0.25, 0.3) is 0 Å². The standard InChI is InChI=1S/C19H23N3O3S/c1-3-25-18(24)14-5-4-10-22(11-14)17(23)16-12-26-19(21-16)20-15-8-6-13(2)7-9-15/h6-9,12,14H,3-5,10-11H2,1-2H3,(H,20,21)/t14-/m1/s1. The van der Waals surface area contributed by atoms with Crippen LogP contribution in [0.4, 0.5) is 10.8 Å². The van der Waals surface area contributed by atoms with Gasteiger partial charge in [-0.2, -0.15) is 0 Å². The maximum absolute atomic E-state index is 12.7. The number of anilines is 2. The predicted molar refractivity (Wildman–Crippen MR) is 102 cm³/mol. The predicted octanol–water partition coefficient (Wildman–Crippen LogP) is 3.61. The van der Waals surface area contributed by atoms with Gasteiger partial charge in [-0.1, -0.05) is 17.7 Å². The number of rotatable bonds is 5. The van der Waals surface area contributed by atoms with Gasteiger partial charge in [0, 0.05) is 24.2 Å². The first-order chi connectivity index (χ1) is 12.6. The minimum atomic E-state index is -0.239. The van der Waals surface area contributed by atoms with Crippen LogP contribution >= 0.6 is 11.3 Å². The monoisotopic (exact) mass is 373 g/mol. The summed E-state index contributed by atoms with van der Waals surface area (Å²) in [6.45, 7) is 5.24. The second-order valence-electron chi connectivity index (χ2n) is 6.37. The van der Waals surface area contributed by atoms with Crippen molar-refractivity contribution in [1.29, 1.82) is 0 Å². The molecular weight excluding hydrogens is 350 g/mol. The Hall–Kier alpha value is -2.41. The van der Waals surface area contributed by atoms with E-state index in [0.717, 1.165) is 18.5 Å². The summed E-state index contributed by atoms with van der Waals surface area (Å²) in [5, 5.41) is 5.65. The van der Waals surface area contributed by atoms with Crippen molar-refractivity contribution < 1.29 is 14.3 Å². The number of benzene rings is 1. The molecule has 6 nitrogen and oxygen atoms in total. The summed E-state index contributed by atoms with van der Waals surface area (Å²) in [6.07, 6.45) is 1.56. The van der Waals surface area contributed by atoms with Crippen LogP contribution in [0.5, 0.6) is 0 Å². The van der Waals surface area contributed by atoms with Crippen molar-refractivity contribution in [3.05, 3.63) is 40.9 Å². The van der Waals surface area contributed by atoms with E-state index >= 15 is 0 Å². The quantitative estimate of drug-likeness (QED) is 0.811. The Morgan fingerprint density at radius 2 is 2.12 bits per heavy atom. The fraction of sp³-hybridized carbons (Fsp3) is 0.421. The summed E-state index contributed by atoms with van der Waals surface area (Å²) in [4.78, 5) is 30.8. The molecule has 2 aromatic rings. The molecule has 1 aromatic heterocycles. The maximum atomic E-state index is 12.7. The smallest absolute Gasteiger partial charge is 0.310 e. The zero-order chi connectivity index (χ0) is 18.5. The molecule has 1 atom stereocenters. The van der Waals surface area contributed by atoms with Gasteiger partial charge in [-0.25, -0.2) is 4.98 Å². The lowest BCUT2D eigenvalue weighted by Crippen LogP contribution is -2.42. The molecule has 26 heavy (non-hydrogen) atoms. The Kier molecular flexibility index (Phi) is 5.88. The third kappa shape index (κ3) is 4.40. The van der Waals surface area contributed by atoms with E-state index in [1.807, 2.05) is 31.2 Å². The number of thiazole rings is 1. The normalized spacial score (nSPS) is 17.0. The average Bonchev–Trinajstić information content (AvgIpc) is 3.12. The van der Waals surface area contributed by atoms with E-state index in [4.69, 9.17) is 4.74 Å². The average molecular weight is 373 g/mol. The Balaban J connectivity index is 1.63. The molecule has 0 saturated carbocycles. The molecule has 138 valence electrons. The highest BCUT2D eigenvalue weighted by molar-refractivity contribution is 7.14. The van der Waals surface area contributed by atoms with Crippen LogP contribution in [0.1, 0.15) is 35.8 Å². The Morgan fingerprint density at radius 1 is 1.35 bits per heavy atom. The van der Waals surface area contributed by atoms with Gasteiger partial charge in [0.15, 0.2) is 5.13 Å². The van der Waals surface area contributed by atoms with Crippen LogP contribution in [-0.4, -0.2) is 41.5 Å². The third-order valence-corrected chi connectivity index (χ3v) is 5.11. The maximum Gasteiger partial charge on any atom is 0.310 e. The molecule has 1 fully saturated rings. The van der Waals surface area contributed by atoms with Gasteiger partial charge < -0.3 is 15.0 Å². The van der Waals surface area contributed by atoms with Crippen LogP contribution < -0.4 is 5.32 Å². The van der Waals surface area contributed by atoms with Crippen LogP contribution in [-0.2, 0) is 9.53 Å². The molecule has 1 aliphatic heterocycles. The summed E-state index contributed by atoms with van der Waals surface area (Å²) in [6, 6.07) is 8.00. The minimum absolute atomic E-state index is 0.132. The number of nitrogens with zero attached hydrogens (tertiary/aromatic N) is 2. The molecule has 0 bridgehead atoms. The number of carbonyl (C=O) groups excluding carboxylic acids is 2. The highest BCUT2D eigenvalue weighted by atomic mass is 32.1. The minimum Gasteiger partial charge on any atom is -0.466 e. The molecule has 1 saturated heterocycles. The van der Waals surface area contributed by atoms with Crippen molar-refractivity contribution in [3.8, 4) is 0 Å². The number of ether oxygens (including phenoxy) is 1. The number of hydrogen-bond donors (Lipinski definition) is 1. The highest BCUT2D eigenvalue weighted by Crippen LogP contribution is 2.24. The van der Waals surface area contributed by atoms with Gasteiger partial charge in [0.1, 0.15) is 5.69 Å². The molecular formula is C19H23N3O3S. The first-order valence-corrected chi connectivity index (χ1v) is 9.70. The molecule has 1 aliphatic rings. The molecule has 0 unspecified atom stereocenters. The lowest BCUT2D eigenvalue weighted by molar-refractivity contribution is -0.149. The van der Waals surface area contributed by atoms with Gasteiger partial charge in [-0.15, -0.1) is 11.3 Å². The Morgan fingerprint density at radius 3 is 2.85 bits per heavy atom. The number of aromatic nitrogens is 1. The number of carbonyl (C=O) groups is 2. The molecule has 0 aliphatic carbocycles. The summed E-state index contributed by atoms with van der Waals surface area (Å²) in [7, 11) is 0. The third-order valence-electron chi connectivity index (χ3n) is 4.35. The molecule has 0 radical (unpaired) electrons. The first-order valence-electron chi connectivity index (χ1n) is 8.82. The number of hydrogen-bond acceptors (Lipinski definition) is 6. The van der Waals surface area contributed by atoms with Crippen molar-refractivity contribution in [1.82, 2.24) is 9.88 Å². The van der Waals surface area contributed by atoms with Crippen molar-refractivity contribution in [2.45, 2.75) is 26.7 Å². The topological polar surface area (TPSA) is 71.5 Å². The fourth-order valence-corrected chi connectivity index (χ4v) is 3.67. The van der Waals surface area contributed by atoms with E-state index in [0.29, 0.717) is 30.5 Å². The molecule has 0 spiro atoms. The van der Waals surface area contributed by atoms with Crippen molar-refractivity contribution in [3.63, 3.8) is 0 Å². The Bertz CT molecular complexity index is 773. The summed E-state index contributed by atoms with van der Waals surface area (Å²) >= 11 is 1.39. The SMILES string of the molecule is CCOC(=O)[C@@H]1CCCN(C(=O)c2csc(Nc3ccc(C)cc3)n2)C1. The van der Waals surface area contributed by atoms with Gasteiger partial charge in [-0.05, 0) is 38.8 Å². The van der Waals surface area contributed by atoms with E-state index < -0.39 is 0 Å². The zero-order valence-electron chi connectivity index (χ0n) is 15.0. The largest absolute Gasteiger partial charge is 0.466 e.